The van der Waals surface area contributed by atoms with Gasteiger partial charge in [0.15, 0.2) is 5.76 Å². The zero-order valence-electron chi connectivity index (χ0n) is 10.3. The number of nitrogens with zero attached hydrogens (tertiary/aromatic N) is 1. The summed E-state index contributed by atoms with van der Waals surface area (Å²) >= 11 is 0. The summed E-state index contributed by atoms with van der Waals surface area (Å²) in [6.45, 7) is 4.67. The van der Waals surface area contributed by atoms with Gasteiger partial charge in [0.2, 0.25) is 0 Å². The topological polar surface area (TPSA) is 47.3 Å². The van der Waals surface area contributed by atoms with Crippen LogP contribution in [0, 0.1) is 6.92 Å². The second-order valence-electron chi connectivity index (χ2n) is 3.69. The first-order chi connectivity index (χ1) is 8.24. The Morgan fingerprint density at radius 2 is 2.24 bits per heavy atom. The van der Waals surface area contributed by atoms with E-state index in [0.717, 1.165) is 22.6 Å². The number of nitrogens with one attached hydrogen (secondary N) is 1. The molecule has 0 atom stereocenters. The summed E-state index contributed by atoms with van der Waals surface area (Å²) in [5.74, 6) is 1.66. The van der Waals surface area contributed by atoms with Crippen LogP contribution in [-0.2, 0) is 0 Å². The normalized spacial score (nSPS) is 10.3. The highest BCUT2D eigenvalue weighted by atomic mass is 16.5. The molecule has 0 aliphatic heterocycles. The van der Waals surface area contributed by atoms with Crippen LogP contribution in [0.5, 0.6) is 5.75 Å². The summed E-state index contributed by atoms with van der Waals surface area (Å²) in [6.07, 6.45) is 1.71. The van der Waals surface area contributed by atoms with Crippen molar-refractivity contribution in [1.82, 2.24) is 4.98 Å². The average Bonchev–Trinajstić information content (AvgIpc) is 2.80. The predicted octanol–water partition coefficient (Wildman–Crippen LogP) is 3.09. The van der Waals surface area contributed by atoms with E-state index < -0.39 is 0 Å². The zero-order chi connectivity index (χ0) is 12.3. The minimum absolute atomic E-state index is 0.520. The van der Waals surface area contributed by atoms with Gasteiger partial charge in [-0.2, -0.15) is 0 Å². The van der Waals surface area contributed by atoms with E-state index in [1.54, 1.807) is 13.2 Å². The predicted molar refractivity (Wildman–Crippen MR) is 67.4 cm³/mol. The van der Waals surface area contributed by atoms with Crippen LogP contribution in [0.1, 0.15) is 12.5 Å². The maximum absolute atomic E-state index is 5.51. The Labute approximate surface area is 101 Å². The van der Waals surface area contributed by atoms with Crippen molar-refractivity contribution in [3.8, 4) is 17.1 Å². The molecule has 0 bridgehead atoms. The fourth-order valence-electron chi connectivity index (χ4n) is 1.64. The Kier molecular flexibility index (Phi) is 3.32. The second-order valence-corrected chi connectivity index (χ2v) is 3.69. The highest BCUT2D eigenvalue weighted by Crippen LogP contribution is 2.27. The number of oxazole rings is 1. The molecule has 1 aromatic carbocycles. The highest BCUT2D eigenvalue weighted by Gasteiger charge is 2.07. The molecule has 0 aliphatic carbocycles. The Bertz CT molecular complexity index is 506. The van der Waals surface area contributed by atoms with Crippen molar-refractivity contribution in [1.29, 1.82) is 0 Å². The number of hydrogen-bond acceptors (Lipinski definition) is 4. The minimum atomic E-state index is 0.520. The maximum atomic E-state index is 5.51. The molecule has 0 amide bonds. The third kappa shape index (κ3) is 2.41. The molecule has 0 fully saturated rings. The van der Waals surface area contributed by atoms with Crippen molar-refractivity contribution in [3.63, 3.8) is 0 Å². The van der Waals surface area contributed by atoms with Crippen LogP contribution < -0.4 is 10.1 Å². The molecule has 90 valence electrons. The molecule has 2 aromatic rings. The van der Waals surface area contributed by atoms with E-state index in [9.17, 15) is 0 Å². The van der Waals surface area contributed by atoms with Crippen LogP contribution in [0.15, 0.2) is 28.8 Å². The van der Waals surface area contributed by atoms with Gasteiger partial charge in [-0.3, -0.25) is 0 Å². The van der Waals surface area contributed by atoms with Crippen LogP contribution in [0.3, 0.4) is 0 Å². The zero-order valence-corrected chi connectivity index (χ0v) is 10.3. The molecule has 4 nitrogen and oxygen atoms in total. The molecule has 1 aromatic heterocycles. The third-order valence-corrected chi connectivity index (χ3v) is 2.48. The summed E-state index contributed by atoms with van der Waals surface area (Å²) in [4.78, 5) is 4.09. The van der Waals surface area contributed by atoms with E-state index in [2.05, 4.69) is 10.3 Å². The molecular weight excluding hydrogens is 216 g/mol. The van der Waals surface area contributed by atoms with Crippen molar-refractivity contribution in [2.45, 2.75) is 13.8 Å². The summed E-state index contributed by atoms with van der Waals surface area (Å²) in [6, 6.07) is 6.48. The lowest BCUT2D eigenvalue weighted by molar-refractivity contribution is 0.338. The molecule has 17 heavy (non-hydrogen) atoms. The minimum Gasteiger partial charge on any atom is -0.494 e. The van der Waals surface area contributed by atoms with Crippen molar-refractivity contribution in [2.24, 2.45) is 0 Å². The standard InChI is InChI=1S/C13H16N2O2/c1-4-16-11-6-5-10(7-9(11)2)12-8-15-13(14-3)17-12/h5-8H,4H2,1-3H3,(H,14,15). The van der Waals surface area contributed by atoms with Crippen LogP contribution in [-0.4, -0.2) is 18.6 Å². The van der Waals surface area contributed by atoms with Gasteiger partial charge in [-0.1, -0.05) is 0 Å². The summed E-state index contributed by atoms with van der Waals surface area (Å²) in [5, 5.41) is 2.86. The highest BCUT2D eigenvalue weighted by molar-refractivity contribution is 5.60. The Balaban J connectivity index is 2.30. The van der Waals surface area contributed by atoms with E-state index in [0.29, 0.717) is 12.6 Å². The van der Waals surface area contributed by atoms with Gasteiger partial charge in [-0.15, -0.1) is 0 Å². The molecule has 0 saturated carbocycles. The molecular formula is C13H16N2O2. The first kappa shape index (κ1) is 11.5. The first-order valence-corrected chi connectivity index (χ1v) is 5.62. The molecule has 0 unspecified atom stereocenters. The van der Waals surface area contributed by atoms with Crippen LogP contribution >= 0.6 is 0 Å². The smallest absolute Gasteiger partial charge is 0.294 e. The van der Waals surface area contributed by atoms with Gasteiger partial charge in [-0.05, 0) is 37.6 Å². The van der Waals surface area contributed by atoms with Gasteiger partial charge < -0.3 is 14.5 Å². The molecule has 0 saturated heterocycles. The van der Waals surface area contributed by atoms with Crippen LogP contribution in [0.25, 0.3) is 11.3 Å². The number of benzene rings is 1. The van der Waals surface area contributed by atoms with E-state index >= 15 is 0 Å². The summed E-state index contributed by atoms with van der Waals surface area (Å²) in [5.41, 5.74) is 2.09. The molecule has 0 radical (unpaired) electrons. The molecule has 4 heteroatoms. The lowest BCUT2D eigenvalue weighted by Crippen LogP contribution is -1.93. The Morgan fingerprint density at radius 1 is 1.41 bits per heavy atom. The number of aromatic nitrogens is 1. The molecule has 0 aliphatic rings. The lowest BCUT2D eigenvalue weighted by atomic mass is 10.1. The number of hydrogen-bond donors (Lipinski definition) is 1. The second kappa shape index (κ2) is 4.91. The molecule has 0 spiro atoms. The van der Waals surface area contributed by atoms with E-state index in [4.69, 9.17) is 9.15 Å². The Morgan fingerprint density at radius 3 is 2.82 bits per heavy atom. The van der Waals surface area contributed by atoms with Crippen LogP contribution in [0.2, 0.25) is 0 Å². The number of aryl methyl sites for hydroxylation is 1. The van der Waals surface area contributed by atoms with Gasteiger partial charge in [-0.25, -0.2) is 4.98 Å². The molecule has 1 heterocycles. The van der Waals surface area contributed by atoms with Gasteiger partial charge >= 0.3 is 0 Å². The van der Waals surface area contributed by atoms with Crippen molar-refractivity contribution < 1.29 is 9.15 Å². The fraction of sp³-hybridized carbons (Fsp3) is 0.308. The van der Waals surface area contributed by atoms with Crippen LogP contribution in [0.4, 0.5) is 6.01 Å². The lowest BCUT2D eigenvalue weighted by Gasteiger charge is -2.07. The first-order valence-electron chi connectivity index (χ1n) is 5.62. The third-order valence-electron chi connectivity index (χ3n) is 2.48. The quantitative estimate of drug-likeness (QED) is 0.880. The van der Waals surface area contributed by atoms with Crippen molar-refractivity contribution in [3.05, 3.63) is 30.0 Å². The van der Waals surface area contributed by atoms with E-state index in [1.807, 2.05) is 32.0 Å². The SMILES string of the molecule is CCOc1ccc(-c2cnc(NC)o2)cc1C. The largest absolute Gasteiger partial charge is 0.494 e. The summed E-state index contributed by atoms with van der Waals surface area (Å²) < 4.78 is 11.0. The number of rotatable bonds is 4. The average molecular weight is 232 g/mol. The van der Waals surface area contributed by atoms with Gasteiger partial charge in [0.25, 0.3) is 6.01 Å². The van der Waals surface area contributed by atoms with Gasteiger partial charge in [0.05, 0.1) is 12.8 Å². The maximum Gasteiger partial charge on any atom is 0.294 e. The van der Waals surface area contributed by atoms with Gasteiger partial charge in [0, 0.05) is 12.6 Å². The monoisotopic (exact) mass is 232 g/mol. The molecule has 2 rings (SSSR count). The molecule has 1 N–H and O–H groups in total. The summed E-state index contributed by atoms with van der Waals surface area (Å²) in [7, 11) is 1.78. The van der Waals surface area contributed by atoms with Crippen molar-refractivity contribution >= 4 is 6.01 Å². The van der Waals surface area contributed by atoms with E-state index in [-0.39, 0.29) is 0 Å². The number of anilines is 1. The fourth-order valence-corrected chi connectivity index (χ4v) is 1.64. The van der Waals surface area contributed by atoms with Gasteiger partial charge in [0.1, 0.15) is 5.75 Å². The van der Waals surface area contributed by atoms with Crippen molar-refractivity contribution in [2.75, 3.05) is 19.0 Å². The van der Waals surface area contributed by atoms with E-state index in [1.165, 1.54) is 0 Å². The number of ether oxygens (including phenoxy) is 1. The Hall–Kier alpha value is -1.97.